The van der Waals surface area contributed by atoms with Crippen molar-refractivity contribution in [1.29, 1.82) is 0 Å². The number of rotatable bonds is 12. The molecule has 6 nitrogen and oxygen atoms in total. The Morgan fingerprint density at radius 1 is 0.354 bits per heavy atom. The molecule has 45 heteroatoms. The van der Waals surface area contributed by atoms with Crippen LogP contribution in [0.25, 0.3) is 0 Å². The molecule has 5 rings (SSSR count). The quantitative estimate of drug-likeness (QED) is 0.103. The number of aliphatic imine (C=N–C) groups is 1. The monoisotopic (exact) mass is 1680 g/mol. The van der Waals surface area contributed by atoms with Crippen LogP contribution in [0.3, 0.4) is 0 Å². The van der Waals surface area contributed by atoms with E-state index in [1.54, 1.807) is 0 Å². The largest absolute Gasteiger partial charge is 0.879 e. The molecule has 3 aromatic rings. The third kappa shape index (κ3) is 17.8. The number of hydrogen-bond acceptors (Lipinski definition) is 6. The van der Waals surface area contributed by atoms with Gasteiger partial charge in [-0.3, -0.25) is 0 Å². The van der Waals surface area contributed by atoms with Crippen LogP contribution >= 0.6 is 7.92 Å². The van der Waals surface area contributed by atoms with Gasteiger partial charge in [-0.2, -0.15) is 158 Å². The molecule has 0 spiro atoms. The Morgan fingerprint density at radius 3 is 0.781 bits per heavy atom. The molecule has 0 saturated heterocycles. The van der Waals surface area contributed by atoms with Crippen LogP contribution in [0.5, 0.6) is 0 Å². The van der Waals surface area contributed by atoms with Gasteiger partial charge in [0.1, 0.15) is 6.61 Å². The molecule has 5 radical (unpaired) electrons. The van der Waals surface area contributed by atoms with Gasteiger partial charge < -0.3 is 19.9 Å². The molecule has 1 aliphatic carbocycles. The molecule has 2 aliphatic rings. The molecule has 1 aliphatic heterocycles. The van der Waals surface area contributed by atoms with E-state index in [0.717, 1.165) is 26.6 Å². The number of benzene rings is 3. The second kappa shape index (κ2) is 29.6. The van der Waals surface area contributed by atoms with E-state index in [0.29, 0.717) is 6.61 Å². The van der Waals surface area contributed by atoms with E-state index < -0.39 is 119 Å². The predicted molar refractivity (Wildman–Crippen MR) is 260 cm³/mol. The zero-order valence-electron chi connectivity index (χ0n) is 47.8. The summed E-state index contributed by atoms with van der Waals surface area (Å²) < 4.78 is 499. The van der Waals surface area contributed by atoms with Crippen LogP contribution in [-0.4, -0.2) is 129 Å². The predicted octanol–water partition coefficient (Wildman–Crippen LogP) is 18.8. The van der Waals surface area contributed by atoms with Gasteiger partial charge in [-0.1, -0.05) is 87.5 Å². The first kappa shape index (κ1) is 88.1. The normalized spacial score (nSPS) is 17.3. The Balaban J connectivity index is 0.000000655. The fourth-order valence-corrected chi connectivity index (χ4v) is 14.8. The van der Waals surface area contributed by atoms with Gasteiger partial charge in [-0.05, 0) is 112 Å². The maximum atomic E-state index is 13.6. The zero-order chi connectivity index (χ0) is 74.3. The van der Waals surface area contributed by atoms with E-state index in [9.17, 15) is 158 Å². The summed E-state index contributed by atoms with van der Waals surface area (Å²) in [6, 6.07) is 26.4. The minimum absolute atomic E-state index is 0. The van der Waals surface area contributed by atoms with Crippen molar-refractivity contribution < 1.29 is 198 Å². The minimum atomic E-state index is -13.8. The molecule has 1 saturated carbocycles. The van der Waals surface area contributed by atoms with Crippen molar-refractivity contribution in [3.05, 3.63) is 115 Å². The zero-order valence-corrected chi connectivity index (χ0v) is 52.2. The first-order chi connectivity index (χ1) is 42.2. The maximum absolute atomic E-state index is 13.8. The molecule has 3 aromatic carbocycles. The average molecular weight is 1680 g/mol. The second-order valence-corrected chi connectivity index (χ2v) is 25.1. The fourth-order valence-electron chi connectivity index (χ4n) is 8.43. The van der Waals surface area contributed by atoms with Gasteiger partial charge in [0.15, 0.2) is 0 Å². The van der Waals surface area contributed by atoms with Crippen LogP contribution < -0.4 is 15.9 Å². The van der Waals surface area contributed by atoms with Crippen LogP contribution in [0.2, 0.25) is 0 Å². The molecule has 1 heterocycles. The second-order valence-electron chi connectivity index (χ2n) is 20.9. The molecule has 0 amide bonds. The number of alkyl halides is 36. The van der Waals surface area contributed by atoms with E-state index in [4.69, 9.17) is 9.73 Å². The molecule has 1 fully saturated rings. The van der Waals surface area contributed by atoms with Crippen molar-refractivity contribution in [2.75, 3.05) is 6.61 Å². The van der Waals surface area contributed by atoms with E-state index in [-0.39, 0.29) is 31.6 Å². The molecular formula is C51H42AlF36IrNO5P-. The van der Waals surface area contributed by atoms with Gasteiger partial charge in [0.25, 0.3) is 0 Å². The number of aryl methyl sites for hydroxylation is 2. The van der Waals surface area contributed by atoms with Crippen molar-refractivity contribution in [3.63, 3.8) is 0 Å². The number of halogens is 36. The summed E-state index contributed by atoms with van der Waals surface area (Å²) in [7, 11) is -0.728. The van der Waals surface area contributed by atoms with Crippen LogP contribution in [0, 0.1) is 44.9 Å². The van der Waals surface area contributed by atoms with Gasteiger partial charge in [0.05, 0.1) is 6.04 Å². The topological polar surface area (TPSA) is 58.5 Å². The summed E-state index contributed by atoms with van der Waals surface area (Å²) in [5.41, 5.74) is -36.7. The van der Waals surface area contributed by atoms with Gasteiger partial charge in [0, 0.05) is 25.7 Å². The average Bonchev–Trinajstić information content (AvgIpc) is 0.726. The third-order valence-corrected chi connectivity index (χ3v) is 18.6. The molecular weight excluding hydrogens is 1640 g/mol. The molecule has 0 bridgehead atoms. The van der Waals surface area contributed by atoms with Crippen molar-refractivity contribution >= 4 is 44.1 Å². The SMILES string of the molecule is Cc1ccccc1P(c1ccccc1C)c1ccccc1C1=N[C@@H](C(C)(C)C)CO1.FC(F)(F)C([O][Al-]([O]C(C(F)(F)F)(C(F)(F)F)C(F)(F)F)([O]C(C(F)(F)F)(C(F)(F)F)C(F)(F)F)[O]C(C(F)(F)F)(C(F)(F)F)C(F)(F)F)(C(F)(F)F)C(F)(F)F.[CH]1[CH]CC[CH][CH]CC1.[Ir]. The molecule has 1 atom stereocenters. The third-order valence-electron chi connectivity index (χ3n) is 13.1. The van der Waals surface area contributed by atoms with Gasteiger partial charge >= 0.3 is 111 Å². The summed E-state index contributed by atoms with van der Waals surface area (Å²) in [5, 5.41) is 4.09. The molecule has 96 heavy (non-hydrogen) atoms. The van der Waals surface area contributed by atoms with E-state index in [1.807, 2.05) is 0 Å². The fraction of sp³-hybridized carbons (Fsp3) is 0.549. The van der Waals surface area contributed by atoms with Crippen molar-refractivity contribution in [2.45, 2.75) is 163 Å². The van der Waals surface area contributed by atoms with Gasteiger partial charge in [-0.25, -0.2) is 4.99 Å². The molecule has 0 aromatic heterocycles. The van der Waals surface area contributed by atoms with E-state index >= 15 is 0 Å². The van der Waals surface area contributed by atoms with Crippen molar-refractivity contribution in [3.8, 4) is 0 Å². The summed E-state index contributed by atoms with van der Waals surface area (Å²) >= 11 is -13.8. The van der Waals surface area contributed by atoms with Gasteiger partial charge in [0.2, 0.25) is 5.90 Å². The van der Waals surface area contributed by atoms with Crippen LogP contribution in [0.1, 0.15) is 63.1 Å². The summed E-state index contributed by atoms with van der Waals surface area (Å²) in [6.45, 7) is 11.8. The Morgan fingerprint density at radius 2 is 0.573 bits per heavy atom. The van der Waals surface area contributed by atoms with Crippen LogP contribution in [-0.2, 0) is 40.0 Å². The van der Waals surface area contributed by atoms with Crippen molar-refractivity contribution in [1.82, 2.24) is 0 Å². The van der Waals surface area contributed by atoms with E-state index in [2.05, 4.69) is 133 Å². The Labute approximate surface area is 535 Å². The first-order valence-electron chi connectivity index (χ1n) is 25.4. The summed E-state index contributed by atoms with van der Waals surface area (Å²) in [4.78, 5) is 5.01. The number of nitrogens with zero attached hydrogens (tertiary/aromatic N) is 1. The molecule has 551 valence electrons. The van der Waals surface area contributed by atoms with Crippen LogP contribution in [0.4, 0.5) is 158 Å². The first-order valence-corrected chi connectivity index (χ1v) is 28.7. The van der Waals surface area contributed by atoms with Gasteiger partial charge in [-0.15, -0.1) is 0 Å². The molecule has 0 unspecified atom stereocenters. The standard InChI is InChI=1S/C27H30NOP.C8H12.4C4F9O.Al.Ir/c1-19-12-6-9-15-22(19)30(23-16-10-7-13-20(23)2)24-17-11-8-14-21(24)26-28-25(18-29-26)27(3,4)5;1-2-4-6-8-7-5-3-1;4*5-2(6,7)1(14,3(8,9)10)4(11,12)13;;/h6-17,25H,18H2,1-5H3;1-2,7-8H,3-6H2;;;;;;/q;;4*-1;+3;/t25-;;;;;;;/m1......./s1. The Hall–Kier alpha value is -3.94. The summed E-state index contributed by atoms with van der Waals surface area (Å²) in [6.07, 6.45) is -102. The number of hydrogen-bond donors (Lipinski definition) is 0. The van der Waals surface area contributed by atoms with Crippen molar-refractivity contribution in [2.24, 2.45) is 10.4 Å². The molecule has 0 N–H and O–H groups in total. The Bertz CT molecular complexity index is 2610. The van der Waals surface area contributed by atoms with Crippen LogP contribution in [0.15, 0.2) is 77.8 Å². The van der Waals surface area contributed by atoms with E-state index in [1.165, 1.54) is 52.7 Å². The minimum Gasteiger partial charge on any atom is -0.562 e. The smallest absolute Gasteiger partial charge is 0.562 e. The Kier molecular flexibility index (Phi) is 27.1. The number of ether oxygens (including phenoxy) is 1. The maximum Gasteiger partial charge on any atom is 0.879 e. The summed E-state index contributed by atoms with van der Waals surface area (Å²) in [5.74, 6) is 0.792.